The van der Waals surface area contributed by atoms with Crippen molar-refractivity contribution in [1.82, 2.24) is 0 Å². The van der Waals surface area contributed by atoms with Gasteiger partial charge < -0.3 is 14.2 Å². The van der Waals surface area contributed by atoms with Crippen LogP contribution in [0.5, 0.6) is 0 Å². The third-order valence-corrected chi connectivity index (χ3v) is 15.6. The molecule has 1 unspecified atom stereocenters. The third-order valence-electron chi connectivity index (χ3n) is 15.6. The maximum atomic E-state index is 12.9. The molecule has 6 heteroatoms. The Labute approximate surface area is 480 Å². The van der Waals surface area contributed by atoms with Gasteiger partial charge in [-0.15, -0.1) is 0 Å². The van der Waals surface area contributed by atoms with Gasteiger partial charge in [0.05, 0.1) is 0 Å². The average molecular weight is 1080 g/mol. The maximum Gasteiger partial charge on any atom is 0.306 e. The normalized spacial score (nSPS) is 12.2. The van der Waals surface area contributed by atoms with Crippen molar-refractivity contribution in [1.29, 1.82) is 0 Å². The molecular formula is C71H132O6. The van der Waals surface area contributed by atoms with Gasteiger partial charge in [-0.05, 0) is 77.0 Å². The zero-order chi connectivity index (χ0) is 55.7. The Morgan fingerprint density at radius 1 is 0.260 bits per heavy atom. The van der Waals surface area contributed by atoms with Crippen LogP contribution in [0.4, 0.5) is 0 Å². The summed E-state index contributed by atoms with van der Waals surface area (Å²) in [5, 5.41) is 0. The lowest BCUT2D eigenvalue weighted by molar-refractivity contribution is -0.167. The van der Waals surface area contributed by atoms with Gasteiger partial charge in [0.1, 0.15) is 13.2 Å². The molecule has 0 aliphatic rings. The van der Waals surface area contributed by atoms with E-state index in [9.17, 15) is 14.4 Å². The zero-order valence-electron chi connectivity index (χ0n) is 52.0. The van der Waals surface area contributed by atoms with Crippen LogP contribution >= 0.6 is 0 Å². The van der Waals surface area contributed by atoms with Gasteiger partial charge >= 0.3 is 17.9 Å². The molecule has 0 spiro atoms. The monoisotopic (exact) mass is 1080 g/mol. The highest BCUT2D eigenvalue weighted by molar-refractivity contribution is 5.71. The van der Waals surface area contributed by atoms with Gasteiger partial charge in [-0.3, -0.25) is 14.4 Å². The summed E-state index contributed by atoms with van der Waals surface area (Å²) in [5.74, 6) is -0.860. The Morgan fingerprint density at radius 3 is 0.740 bits per heavy atom. The van der Waals surface area contributed by atoms with E-state index in [-0.39, 0.29) is 31.1 Å². The van der Waals surface area contributed by atoms with Crippen molar-refractivity contribution in [2.75, 3.05) is 13.2 Å². The fourth-order valence-corrected chi connectivity index (χ4v) is 10.4. The first-order valence-corrected chi connectivity index (χ1v) is 34.5. The summed E-state index contributed by atoms with van der Waals surface area (Å²) in [6.07, 6.45) is 82.0. The predicted octanol–water partition coefficient (Wildman–Crippen LogP) is 23.6. The van der Waals surface area contributed by atoms with Crippen molar-refractivity contribution in [3.63, 3.8) is 0 Å². The van der Waals surface area contributed by atoms with Crippen LogP contribution in [0, 0.1) is 0 Å². The number of hydrogen-bond acceptors (Lipinski definition) is 6. The molecule has 0 aromatic rings. The van der Waals surface area contributed by atoms with Crippen LogP contribution in [0.3, 0.4) is 0 Å². The van der Waals surface area contributed by atoms with Crippen LogP contribution in [0.25, 0.3) is 0 Å². The lowest BCUT2D eigenvalue weighted by atomic mass is 10.0. The van der Waals surface area contributed by atoms with E-state index < -0.39 is 6.10 Å². The second kappa shape index (κ2) is 66.1. The van der Waals surface area contributed by atoms with E-state index in [4.69, 9.17) is 14.2 Å². The van der Waals surface area contributed by atoms with E-state index in [2.05, 4.69) is 57.2 Å². The number of allylic oxidation sites excluding steroid dienone is 6. The molecule has 0 radical (unpaired) electrons. The number of carbonyl (C=O) groups is 3. The molecular weight excluding hydrogens is 949 g/mol. The maximum absolute atomic E-state index is 12.9. The Balaban J connectivity index is 4.00. The highest BCUT2D eigenvalue weighted by Gasteiger charge is 2.19. The summed E-state index contributed by atoms with van der Waals surface area (Å²) in [6, 6.07) is 0. The first-order valence-electron chi connectivity index (χ1n) is 34.5. The summed E-state index contributed by atoms with van der Waals surface area (Å²) in [7, 11) is 0. The summed E-state index contributed by atoms with van der Waals surface area (Å²) in [6.45, 7) is 6.64. The van der Waals surface area contributed by atoms with Gasteiger partial charge in [-0.2, -0.15) is 0 Å². The standard InChI is InChI=1S/C71H132O6/c1-4-7-10-13-16-19-21-23-25-27-29-30-31-32-33-34-35-36-37-38-39-40-41-42-43-45-46-48-50-52-55-58-61-64-70(73)76-67-68(66-75-69(72)63-60-57-54-18-15-12-9-6-3)77-71(74)65-62-59-56-53-51-49-47-44-28-26-24-22-20-17-14-11-8-5-2/h20,22,26-29,68H,4-19,21,23-25,30-67H2,1-3H3/b22-20-,28-26-,29-27-. The second-order valence-electron chi connectivity index (χ2n) is 23.4. The summed E-state index contributed by atoms with van der Waals surface area (Å²) >= 11 is 0. The van der Waals surface area contributed by atoms with E-state index >= 15 is 0 Å². The smallest absolute Gasteiger partial charge is 0.306 e. The third kappa shape index (κ3) is 64.3. The van der Waals surface area contributed by atoms with E-state index in [1.54, 1.807) is 0 Å². The lowest BCUT2D eigenvalue weighted by Gasteiger charge is -2.18. The van der Waals surface area contributed by atoms with E-state index in [1.165, 1.54) is 270 Å². The summed E-state index contributed by atoms with van der Waals surface area (Å²) in [4.78, 5) is 38.1. The molecule has 0 aromatic carbocycles. The first kappa shape index (κ1) is 74.6. The number of ether oxygens (including phenoxy) is 3. The molecule has 0 rings (SSSR count). The van der Waals surface area contributed by atoms with E-state index in [0.717, 1.165) is 70.6 Å². The number of hydrogen-bond donors (Lipinski definition) is 0. The van der Waals surface area contributed by atoms with Gasteiger partial charge in [-0.25, -0.2) is 0 Å². The van der Waals surface area contributed by atoms with Crippen LogP contribution in [0.1, 0.15) is 380 Å². The van der Waals surface area contributed by atoms with Gasteiger partial charge in [0.15, 0.2) is 6.10 Å². The number of unbranched alkanes of at least 4 members (excludes halogenated alkanes) is 47. The Kier molecular flexibility index (Phi) is 64.1. The molecule has 1 atom stereocenters. The lowest BCUT2D eigenvalue weighted by Crippen LogP contribution is -2.30. The molecule has 0 fully saturated rings. The number of esters is 3. The minimum absolute atomic E-state index is 0.0705. The van der Waals surface area contributed by atoms with Crippen molar-refractivity contribution in [3.05, 3.63) is 36.5 Å². The first-order chi connectivity index (χ1) is 38.0. The predicted molar refractivity (Wildman–Crippen MR) is 335 cm³/mol. The van der Waals surface area contributed by atoms with Gasteiger partial charge in [0.25, 0.3) is 0 Å². The molecule has 0 amide bonds. The molecule has 0 heterocycles. The molecule has 77 heavy (non-hydrogen) atoms. The number of carbonyl (C=O) groups excluding carboxylic acids is 3. The Morgan fingerprint density at radius 2 is 0.468 bits per heavy atom. The van der Waals surface area contributed by atoms with Crippen LogP contribution in [-0.2, 0) is 28.6 Å². The molecule has 0 saturated heterocycles. The van der Waals surface area contributed by atoms with E-state index in [1.807, 2.05) is 0 Å². The molecule has 0 aliphatic heterocycles. The molecule has 0 aliphatic carbocycles. The van der Waals surface area contributed by atoms with Crippen molar-refractivity contribution in [2.45, 2.75) is 386 Å². The van der Waals surface area contributed by atoms with Gasteiger partial charge in [0, 0.05) is 19.3 Å². The van der Waals surface area contributed by atoms with Gasteiger partial charge in [0.2, 0.25) is 0 Å². The van der Waals surface area contributed by atoms with Gasteiger partial charge in [-0.1, -0.05) is 320 Å². The van der Waals surface area contributed by atoms with Crippen molar-refractivity contribution in [2.24, 2.45) is 0 Å². The largest absolute Gasteiger partial charge is 0.462 e. The minimum Gasteiger partial charge on any atom is -0.462 e. The molecule has 0 saturated carbocycles. The SMILES string of the molecule is CCCCCC/C=C\C/C=C\CCCCCCCCCC(=O)OC(COC(=O)CCCCCCCCCC)COC(=O)CCCCCCCCCCCCCCCCCCCCCCC/C=C\CCCCCCCCCC. The van der Waals surface area contributed by atoms with Crippen LogP contribution in [-0.4, -0.2) is 37.2 Å². The Hall–Kier alpha value is -2.37. The summed E-state index contributed by atoms with van der Waals surface area (Å²) < 4.78 is 16.9. The minimum atomic E-state index is -0.772. The fourth-order valence-electron chi connectivity index (χ4n) is 10.4. The zero-order valence-corrected chi connectivity index (χ0v) is 52.0. The number of rotatable bonds is 64. The molecule has 0 bridgehead atoms. The van der Waals surface area contributed by atoms with Crippen molar-refractivity contribution in [3.8, 4) is 0 Å². The highest BCUT2D eigenvalue weighted by atomic mass is 16.6. The van der Waals surface area contributed by atoms with Crippen molar-refractivity contribution >= 4 is 17.9 Å². The molecule has 6 nitrogen and oxygen atoms in total. The molecule has 0 aromatic heterocycles. The molecule has 0 N–H and O–H groups in total. The fraction of sp³-hybridized carbons (Fsp3) is 0.873. The quantitative estimate of drug-likeness (QED) is 0.0261. The van der Waals surface area contributed by atoms with Crippen LogP contribution in [0.15, 0.2) is 36.5 Å². The summed E-state index contributed by atoms with van der Waals surface area (Å²) in [5.41, 5.74) is 0. The van der Waals surface area contributed by atoms with E-state index in [0.29, 0.717) is 19.3 Å². The average Bonchev–Trinajstić information content (AvgIpc) is 3.43. The molecule has 452 valence electrons. The highest BCUT2D eigenvalue weighted by Crippen LogP contribution is 2.18. The topological polar surface area (TPSA) is 78.9 Å². The second-order valence-corrected chi connectivity index (χ2v) is 23.4. The van der Waals surface area contributed by atoms with Crippen LogP contribution in [0.2, 0.25) is 0 Å². The van der Waals surface area contributed by atoms with Crippen molar-refractivity contribution < 1.29 is 28.6 Å². The van der Waals surface area contributed by atoms with Crippen LogP contribution < -0.4 is 0 Å². The Bertz CT molecular complexity index is 1290.